The minimum absolute atomic E-state index is 0.181. The molecule has 3 N–H and O–H groups in total. The van der Waals surface area contributed by atoms with Crippen molar-refractivity contribution in [2.45, 2.75) is 32.1 Å². The van der Waals surface area contributed by atoms with Gasteiger partial charge in [0.1, 0.15) is 5.01 Å². The van der Waals surface area contributed by atoms with Crippen molar-refractivity contribution in [1.29, 1.82) is 0 Å². The number of ether oxygens (including phenoxy) is 1. The molecule has 0 unspecified atom stereocenters. The molecular weight excluding hydrogens is 396 g/mol. The Labute approximate surface area is 173 Å². The van der Waals surface area contributed by atoms with E-state index < -0.39 is 0 Å². The molecule has 9 heteroatoms. The molecular formula is C19H24N4O3S2. The summed E-state index contributed by atoms with van der Waals surface area (Å²) in [5, 5.41) is 6.04. The Morgan fingerprint density at radius 2 is 1.93 bits per heavy atom. The van der Waals surface area contributed by atoms with E-state index in [2.05, 4.69) is 25.9 Å². The molecule has 0 spiro atoms. The SMILES string of the molecule is COC(=O)CCCCCNC(=S)NNC(=O)Cc1nc(-c2ccccc2)cs1. The number of thiocarbonyl (C=S) groups is 1. The number of nitrogens with zero attached hydrogens (tertiary/aromatic N) is 1. The Morgan fingerprint density at radius 1 is 1.14 bits per heavy atom. The molecule has 2 rings (SSSR count). The van der Waals surface area contributed by atoms with E-state index >= 15 is 0 Å². The van der Waals surface area contributed by atoms with E-state index in [-0.39, 0.29) is 18.3 Å². The zero-order chi connectivity index (χ0) is 20.2. The number of hydrogen-bond donors (Lipinski definition) is 3. The molecule has 7 nitrogen and oxygen atoms in total. The monoisotopic (exact) mass is 420 g/mol. The van der Waals surface area contributed by atoms with Gasteiger partial charge in [-0.3, -0.25) is 20.4 Å². The maximum atomic E-state index is 12.0. The predicted molar refractivity (Wildman–Crippen MR) is 114 cm³/mol. The zero-order valence-electron chi connectivity index (χ0n) is 15.7. The van der Waals surface area contributed by atoms with Gasteiger partial charge < -0.3 is 10.1 Å². The molecule has 28 heavy (non-hydrogen) atoms. The van der Waals surface area contributed by atoms with E-state index in [4.69, 9.17) is 12.2 Å². The van der Waals surface area contributed by atoms with Crippen LogP contribution in [0.1, 0.15) is 30.7 Å². The molecule has 1 amide bonds. The third-order valence-electron chi connectivity index (χ3n) is 3.82. The topological polar surface area (TPSA) is 92.4 Å². The number of carbonyl (C=O) groups is 2. The molecule has 0 aliphatic carbocycles. The number of carbonyl (C=O) groups excluding carboxylic acids is 2. The van der Waals surface area contributed by atoms with Crippen molar-refractivity contribution in [2.24, 2.45) is 0 Å². The molecule has 2 aromatic rings. The first-order valence-electron chi connectivity index (χ1n) is 8.98. The number of hydrogen-bond acceptors (Lipinski definition) is 6. The highest BCUT2D eigenvalue weighted by molar-refractivity contribution is 7.80. The van der Waals surface area contributed by atoms with Crippen molar-refractivity contribution >= 4 is 40.5 Å². The van der Waals surface area contributed by atoms with Gasteiger partial charge in [-0.1, -0.05) is 36.8 Å². The van der Waals surface area contributed by atoms with Gasteiger partial charge >= 0.3 is 5.97 Å². The fraction of sp³-hybridized carbons (Fsp3) is 0.368. The summed E-state index contributed by atoms with van der Waals surface area (Å²) in [6.45, 7) is 0.662. The van der Waals surface area contributed by atoms with Crippen LogP contribution in [0, 0.1) is 0 Å². The first-order valence-corrected chi connectivity index (χ1v) is 10.3. The lowest BCUT2D eigenvalue weighted by Crippen LogP contribution is -2.47. The second-order valence-electron chi connectivity index (χ2n) is 5.99. The van der Waals surface area contributed by atoms with Crippen LogP contribution in [0.3, 0.4) is 0 Å². The van der Waals surface area contributed by atoms with Crippen molar-refractivity contribution in [2.75, 3.05) is 13.7 Å². The summed E-state index contributed by atoms with van der Waals surface area (Å²) < 4.78 is 4.59. The molecule has 0 fully saturated rings. The van der Waals surface area contributed by atoms with Crippen LogP contribution in [0.2, 0.25) is 0 Å². The quantitative estimate of drug-likeness (QED) is 0.248. The summed E-state index contributed by atoms with van der Waals surface area (Å²) >= 11 is 6.57. The lowest BCUT2D eigenvalue weighted by atomic mass is 10.2. The molecule has 0 radical (unpaired) electrons. The predicted octanol–water partition coefficient (Wildman–Crippen LogP) is 2.58. The van der Waals surface area contributed by atoms with Crippen LogP contribution >= 0.6 is 23.6 Å². The number of methoxy groups -OCH3 is 1. The molecule has 1 heterocycles. The average molecular weight is 421 g/mol. The molecule has 0 saturated heterocycles. The van der Waals surface area contributed by atoms with Crippen LogP contribution in [-0.4, -0.2) is 35.6 Å². The fourth-order valence-corrected chi connectivity index (χ4v) is 3.32. The Balaban J connectivity index is 1.60. The number of nitrogens with one attached hydrogen (secondary N) is 3. The van der Waals surface area contributed by atoms with Gasteiger partial charge in [-0.25, -0.2) is 4.98 Å². The van der Waals surface area contributed by atoms with Crippen molar-refractivity contribution in [1.82, 2.24) is 21.2 Å². The number of hydrazine groups is 1. The normalized spacial score (nSPS) is 10.2. The maximum Gasteiger partial charge on any atom is 0.305 e. The largest absolute Gasteiger partial charge is 0.469 e. The molecule has 0 aliphatic heterocycles. The van der Waals surface area contributed by atoms with Gasteiger partial charge in [-0.2, -0.15) is 0 Å². The van der Waals surface area contributed by atoms with Gasteiger partial charge in [-0.05, 0) is 25.1 Å². The van der Waals surface area contributed by atoms with Gasteiger partial charge in [-0.15, -0.1) is 11.3 Å². The molecule has 1 aromatic heterocycles. The van der Waals surface area contributed by atoms with Gasteiger partial charge in [0.2, 0.25) is 5.91 Å². The number of aromatic nitrogens is 1. The minimum atomic E-state index is -0.212. The smallest absolute Gasteiger partial charge is 0.305 e. The lowest BCUT2D eigenvalue weighted by molar-refractivity contribution is -0.140. The van der Waals surface area contributed by atoms with E-state index in [0.29, 0.717) is 18.1 Å². The maximum absolute atomic E-state index is 12.0. The average Bonchev–Trinajstić information content (AvgIpc) is 3.17. The molecule has 0 bridgehead atoms. The molecule has 0 saturated carbocycles. The molecule has 0 atom stereocenters. The summed E-state index contributed by atoms with van der Waals surface area (Å²) in [4.78, 5) is 27.5. The highest BCUT2D eigenvalue weighted by Gasteiger charge is 2.09. The van der Waals surface area contributed by atoms with Crippen LogP contribution in [0.5, 0.6) is 0 Å². The van der Waals surface area contributed by atoms with Crippen LogP contribution < -0.4 is 16.2 Å². The van der Waals surface area contributed by atoms with E-state index in [0.717, 1.165) is 35.5 Å². The number of unbranched alkanes of at least 4 members (excludes halogenated alkanes) is 2. The van der Waals surface area contributed by atoms with E-state index in [9.17, 15) is 9.59 Å². The van der Waals surface area contributed by atoms with Gasteiger partial charge in [0.15, 0.2) is 5.11 Å². The first kappa shape index (κ1) is 21.8. The Morgan fingerprint density at radius 3 is 2.68 bits per heavy atom. The van der Waals surface area contributed by atoms with Crippen LogP contribution in [-0.2, 0) is 20.7 Å². The summed E-state index contributed by atoms with van der Waals surface area (Å²) in [6, 6.07) is 9.84. The highest BCUT2D eigenvalue weighted by Crippen LogP contribution is 2.21. The van der Waals surface area contributed by atoms with Crippen LogP contribution in [0.4, 0.5) is 0 Å². The Bertz CT molecular complexity index is 780. The fourth-order valence-electron chi connectivity index (χ4n) is 2.36. The Kier molecular flexibility index (Phi) is 9.36. The third kappa shape index (κ3) is 8.01. The first-order chi connectivity index (χ1) is 13.6. The number of benzene rings is 1. The standard InChI is InChI=1S/C19H24N4O3S2/c1-26-18(25)10-6-3-7-11-20-19(27)23-22-16(24)12-17-21-15(13-28-17)14-8-4-2-5-9-14/h2,4-5,8-9,13H,3,6-7,10-12H2,1H3,(H,22,24)(H2,20,23,27). The van der Waals surface area contributed by atoms with E-state index in [1.807, 2.05) is 35.7 Å². The van der Waals surface area contributed by atoms with Crippen molar-refractivity contribution in [3.63, 3.8) is 0 Å². The third-order valence-corrected chi connectivity index (χ3v) is 4.91. The van der Waals surface area contributed by atoms with Gasteiger partial charge in [0, 0.05) is 23.9 Å². The van der Waals surface area contributed by atoms with Crippen molar-refractivity contribution in [3.05, 3.63) is 40.7 Å². The molecule has 0 aliphatic rings. The number of rotatable bonds is 9. The van der Waals surface area contributed by atoms with E-state index in [1.54, 1.807) is 0 Å². The second-order valence-corrected chi connectivity index (χ2v) is 7.34. The highest BCUT2D eigenvalue weighted by atomic mass is 32.1. The molecule has 150 valence electrons. The number of esters is 1. The summed E-state index contributed by atoms with van der Waals surface area (Å²) in [5.74, 6) is -0.403. The van der Waals surface area contributed by atoms with Gasteiger partial charge in [0.25, 0.3) is 0 Å². The number of thiazole rings is 1. The summed E-state index contributed by atoms with van der Waals surface area (Å²) in [7, 11) is 1.39. The summed E-state index contributed by atoms with van der Waals surface area (Å²) in [5.41, 5.74) is 7.15. The van der Waals surface area contributed by atoms with Crippen molar-refractivity contribution < 1.29 is 14.3 Å². The van der Waals surface area contributed by atoms with Crippen molar-refractivity contribution in [3.8, 4) is 11.3 Å². The summed E-state index contributed by atoms with van der Waals surface area (Å²) in [6.07, 6.45) is 3.15. The van der Waals surface area contributed by atoms with E-state index in [1.165, 1.54) is 18.4 Å². The molecule has 1 aromatic carbocycles. The van der Waals surface area contributed by atoms with Crippen LogP contribution in [0.15, 0.2) is 35.7 Å². The minimum Gasteiger partial charge on any atom is -0.469 e. The number of amides is 1. The van der Waals surface area contributed by atoms with Gasteiger partial charge in [0.05, 0.1) is 19.2 Å². The lowest BCUT2D eigenvalue weighted by Gasteiger charge is -2.11. The zero-order valence-corrected chi connectivity index (χ0v) is 17.3. The second kappa shape index (κ2) is 12.0. The van der Waals surface area contributed by atoms with Crippen LogP contribution in [0.25, 0.3) is 11.3 Å². The Hall–Kier alpha value is -2.52.